The minimum atomic E-state index is 0.548. The highest BCUT2D eigenvalue weighted by atomic mass is 16.3. The van der Waals surface area contributed by atoms with E-state index in [0.29, 0.717) is 45.3 Å². The lowest BCUT2D eigenvalue weighted by Crippen LogP contribution is -2.56. The van der Waals surface area contributed by atoms with Gasteiger partial charge in [-0.2, -0.15) is 0 Å². The highest BCUT2D eigenvalue weighted by Gasteiger charge is 2.67. The van der Waals surface area contributed by atoms with Crippen molar-refractivity contribution in [3.8, 4) is 5.69 Å². The average molecular weight is 763 g/mol. The van der Waals surface area contributed by atoms with Crippen LogP contribution < -0.4 is 0 Å². The molecule has 8 bridgehead atoms. The molecule has 284 valence electrons. The van der Waals surface area contributed by atoms with E-state index in [0.717, 1.165) is 16.9 Å². The summed E-state index contributed by atoms with van der Waals surface area (Å²) in [5, 5.41) is 10.9. The van der Waals surface area contributed by atoms with E-state index < -0.39 is 0 Å². The van der Waals surface area contributed by atoms with E-state index in [1.807, 2.05) is 0 Å². The third kappa shape index (κ3) is 3.12. The van der Waals surface area contributed by atoms with Crippen LogP contribution in [0.5, 0.6) is 0 Å². The van der Waals surface area contributed by atoms with Gasteiger partial charge in [-0.15, -0.1) is 0 Å². The maximum Gasteiger partial charge on any atom is 0.137 e. The molecule has 0 amide bonds. The van der Waals surface area contributed by atoms with Crippen LogP contribution in [0.4, 0.5) is 0 Å². The molecular weight excluding hydrogens is 721 g/mol. The van der Waals surface area contributed by atoms with E-state index >= 15 is 0 Å². The van der Waals surface area contributed by atoms with Crippen LogP contribution in [-0.4, -0.2) is 18.9 Å². The summed E-state index contributed by atoms with van der Waals surface area (Å²) in [6.07, 6.45) is 21.3. The van der Waals surface area contributed by atoms with Gasteiger partial charge in [0.25, 0.3) is 0 Å². The standard InChI is InChI=1S/C54H42N4O/c1-3-7-36-32(5-1)33-6-2-4-8-37(33)57(36)31-9-10-34-40(11-31)59-41-12-35-44-38(21-55-48-29-17-51-13-27(42(44)48)14-52(18-29,23-51)24-51)58-39-22-56-49-30-19-53-15-28(16-54(20-30,25-53)26-53)43(49)46(39)47(45(34)41)50(35)58/h1-12,21-22,27-30H,13-20,23-26H2. The molecule has 10 aromatic rings. The number of furan rings is 1. The predicted octanol–water partition coefficient (Wildman–Crippen LogP) is 13.7. The molecule has 59 heavy (non-hydrogen) atoms. The fraction of sp³-hybridized carbons (Fsp3) is 0.370. The van der Waals surface area contributed by atoms with Crippen LogP contribution in [0.25, 0.3) is 87.5 Å². The molecular formula is C54H42N4O. The third-order valence-electron chi connectivity index (χ3n) is 19.1. The van der Waals surface area contributed by atoms with Gasteiger partial charge in [0, 0.05) is 78.1 Å². The first kappa shape index (κ1) is 29.7. The van der Waals surface area contributed by atoms with E-state index in [4.69, 9.17) is 14.4 Å². The lowest BCUT2D eigenvalue weighted by molar-refractivity contribution is -0.150. The van der Waals surface area contributed by atoms with Gasteiger partial charge in [0.15, 0.2) is 0 Å². The zero-order valence-corrected chi connectivity index (χ0v) is 33.1. The van der Waals surface area contributed by atoms with Gasteiger partial charge >= 0.3 is 0 Å². The lowest BCUT2D eigenvalue weighted by atomic mass is 9.37. The zero-order chi connectivity index (χ0) is 37.5. The van der Waals surface area contributed by atoms with E-state index in [9.17, 15) is 0 Å². The summed E-state index contributed by atoms with van der Waals surface area (Å²) >= 11 is 0. The van der Waals surface area contributed by atoms with Crippen molar-refractivity contribution in [1.82, 2.24) is 18.9 Å². The van der Waals surface area contributed by atoms with Crippen molar-refractivity contribution < 1.29 is 4.42 Å². The highest BCUT2D eigenvalue weighted by Crippen LogP contribution is 2.80. The number of hydrogen-bond acceptors (Lipinski definition) is 3. The van der Waals surface area contributed by atoms with Crippen molar-refractivity contribution in [1.29, 1.82) is 0 Å². The smallest absolute Gasteiger partial charge is 0.137 e. The summed E-state index contributed by atoms with van der Waals surface area (Å²) in [5.74, 6) is 2.41. The monoisotopic (exact) mass is 762 g/mol. The Bertz CT molecular complexity index is 3600. The first-order valence-electron chi connectivity index (χ1n) is 22.8. The zero-order valence-electron chi connectivity index (χ0n) is 33.1. The second-order valence-corrected chi connectivity index (χ2v) is 22.3. The summed E-state index contributed by atoms with van der Waals surface area (Å²) in [6, 6.07) is 27.2. The van der Waals surface area contributed by atoms with Gasteiger partial charge in [-0.25, -0.2) is 0 Å². The molecule has 10 fully saturated rings. The van der Waals surface area contributed by atoms with Crippen LogP contribution in [-0.2, 0) is 0 Å². The Balaban J connectivity index is 0.988. The average Bonchev–Trinajstić information content (AvgIpc) is 3.92. The quantitative estimate of drug-likeness (QED) is 0.167. The molecule has 4 aromatic carbocycles. The molecule has 24 rings (SSSR count). The SMILES string of the molecule is c1ccc2c(c1)c1ccccc1n2-c1ccc2c(c1)oc1cc3c4c5c(ncc4n4c6cnc7c(c6c(c12)c34)C1CC23CC7CC(C1)(C2)C3)C1CC23CC5CC(C1)(C2)C3. The van der Waals surface area contributed by atoms with E-state index in [2.05, 4.69) is 94.2 Å². The molecule has 0 N–H and O–H groups in total. The molecule has 0 saturated heterocycles. The first-order chi connectivity index (χ1) is 29.0. The number of rotatable bonds is 1. The van der Waals surface area contributed by atoms with Crippen molar-refractivity contribution in [3.05, 3.63) is 108 Å². The molecule has 6 aromatic heterocycles. The first-order valence-corrected chi connectivity index (χ1v) is 22.8. The van der Waals surface area contributed by atoms with Crippen LogP contribution in [0.1, 0.15) is 123 Å². The maximum absolute atomic E-state index is 7.27. The Hall–Kier alpha value is -5.42. The summed E-state index contributed by atoms with van der Waals surface area (Å²) in [6.45, 7) is 0. The second-order valence-electron chi connectivity index (χ2n) is 22.3. The number of aromatic nitrogens is 4. The molecule has 0 aliphatic heterocycles. The Labute approximate surface area is 339 Å². The Kier molecular flexibility index (Phi) is 4.47. The van der Waals surface area contributed by atoms with E-state index in [1.54, 1.807) is 11.1 Å². The number of benzene rings is 4. The third-order valence-corrected chi connectivity index (χ3v) is 19.1. The predicted molar refractivity (Wildman–Crippen MR) is 234 cm³/mol. The largest absolute Gasteiger partial charge is 0.456 e. The summed E-state index contributed by atoms with van der Waals surface area (Å²) in [4.78, 5) is 11.1. The van der Waals surface area contributed by atoms with Crippen LogP contribution in [0.2, 0.25) is 0 Å². The molecule has 4 spiro atoms. The molecule has 6 heterocycles. The fourth-order valence-electron chi connectivity index (χ4n) is 18.5. The summed E-state index contributed by atoms with van der Waals surface area (Å²) in [7, 11) is 0. The van der Waals surface area contributed by atoms with Gasteiger partial charge in [0.05, 0.1) is 40.0 Å². The molecule has 14 aliphatic carbocycles. The van der Waals surface area contributed by atoms with Crippen molar-refractivity contribution in [2.24, 2.45) is 21.7 Å². The Morgan fingerprint density at radius 1 is 0.475 bits per heavy atom. The van der Waals surface area contributed by atoms with Crippen molar-refractivity contribution in [3.63, 3.8) is 0 Å². The molecule has 0 radical (unpaired) electrons. The van der Waals surface area contributed by atoms with Crippen LogP contribution in [0.3, 0.4) is 0 Å². The van der Waals surface area contributed by atoms with E-state index in [1.165, 1.54) is 159 Å². The number of nitrogens with zero attached hydrogens (tertiary/aromatic N) is 4. The maximum atomic E-state index is 7.27. The van der Waals surface area contributed by atoms with Crippen molar-refractivity contribution >= 4 is 81.8 Å². The molecule has 0 unspecified atom stereocenters. The van der Waals surface area contributed by atoms with Crippen LogP contribution >= 0.6 is 0 Å². The molecule has 14 aliphatic rings. The molecule has 5 nitrogen and oxygen atoms in total. The highest BCUT2D eigenvalue weighted by molar-refractivity contribution is 6.35. The fourth-order valence-corrected chi connectivity index (χ4v) is 18.5. The van der Waals surface area contributed by atoms with Gasteiger partial charge in [-0.1, -0.05) is 36.4 Å². The van der Waals surface area contributed by atoms with Crippen molar-refractivity contribution in [2.75, 3.05) is 0 Å². The molecule has 10 saturated carbocycles. The summed E-state index contributed by atoms with van der Waals surface area (Å²) in [5.41, 5.74) is 17.9. The lowest BCUT2D eigenvalue weighted by Gasteiger charge is -2.67. The number of pyridine rings is 2. The van der Waals surface area contributed by atoms with E-state index in [-0.39, 0.29) is 0 Å². The van der Waals surface area contributed by atoms with Gasteiger partial charge in [-0.05, 0) is 152 Å². The Morgan fingerprint density at radius 2 is 1.02 bits per heavy atom. The number of hydrogen-bond donors (Lipinski definition) is 0. The van der Waals surface area contributed by atoms with Gasteiger partial charge in [0.2, 0.25) is 0 Å². The van der Waals surface area contributed by atoms with Crippen molar-refractivity contribution in [2.45, 2.75) is 101 Å². The number of fused-ring (bicyclic) bond motifs is 13. The Morgan fingerprint density at radius 3 is 1.63 bits per heavy atom. The van der Waals surface area contributed by atoms with Crippen LogP contribution in [0.15, 0.2) is 89.6 Å². The van der Waals surface area contributed by atoms with Crippen LogP contribution in [0, 0.1) is 21.7 Å². The summed E-state index contributed by atoms with van der Waals surface area (Å²) < 4.78 is 12.4. The molecule has 5 heteroatoms. The topological polar surface area (TPSA) is 48.3 Å². The second kappa shape index (κ2) is 8.87. The minimum Gasteiger partial charge on any atom is -0.456 e. The van der Waals surface area contributed by atoms with Gasteiger partial charge < -0.3 is 13.4 Å². The van der Waals surface area contributed by atoms with Gasteiger partial charge in [-0.3, -0.25) is 9.97 Å². The van der Waals surface area contributed by atoms with Gasteiger partial charge in [0.1, 0.15) is 11.2 Å². The normalized spacial score (nSPS) is 34.2. The molecule has 0 atom stereocenters. The minimum absolute atomic E-state index is 0.548. The number of para-hydroxylation sites is 2.